The van der Waals surface area contributed by atoms with Crippen LogP contribution in [0.2, 0.25) is 0 Å². The normalized spacial score (nSPS) is 22.6. The quantitative estimate of drug-likeness (QED) is 0.664. The Bertz CT molecular complexity index is 397. The Labute approximate surface area is 133 Å². The Morgan fingerprint density at radius 2 is 1.73 bits per heavy atom. The third kappa shape index (κ3) is 4.97. The van der Waals surface area contributed by atoms with Crippen LogP contribution in [0, 0.1) is 11.8 Å². The minimum absolute atomic E-state index is 0.176. The number of carbonyl (C=O) groups excluding carboxylic acids is 2. The summed E-state index contributed by atoms with van der Waals surface area (Å²) in [7, 11) is 0. The molecular weight excluding hydrogens is 278 g/mol. The maximum atomic E-state index is 12.2. The van der Waals surface area contributed by atoms with Gasteiger partial charge in [-0.05, 0) is 57.4 Å². The standard InChI is InChI=1S/C17H29N3O2/c21-16(2-1-9-18-17(22)14-5-6-14)20-10-7-15(8-11-20)19-12-13-3-4-13/h13-15,19H,1-12H2,(H,18,22). The lowest BCUT2D eigenvalue weighted by molar-refractivity contribution is -0.132. The van der Waals surface area contributed by atoms with Crippen LogP contribution in [0.25, 0.3) is 0 Å². The Kier molecular flexibility index (Phi) is 5.34. The van der Waals surface area contributed by atoms with Crippen molar-refractivity contribution < 1.29 is 9.59 Å². The zero-order valence-electron chi connectivity index (χ0n) is 13.5. The fraction of sp³-hybridized carbons (Fsp3) is 0.882. The van der Waals surface area contributed by atoms with E-state index in [1.54, 1.807) is 0 Å². The highest BCUT2D eigenvalue weighted by Gasteiger charge is 2.29. The molecule has 5 heteroatoms. The van der Waals surface area contributed by atoms with Gasteiger partial charge < -0.3 is 15.5 Å². The van der Waals surface area contributed by atoms with E-state index in [1.165, 1.54) is 19.4 Å². The molecule has 5 nitrogen and oxygen atoms in total. The molecular formula is C17H29N3O2. The molecule has 2 N–H and O–H groups in total. The van der Waals surface area contributed by atoms with Crippen molar-refractivity contribution in [1.82, 2.24) is 15.5 Å². The van der Waals surface area contributed by atoms with Gasteiger partial charge in [0.15, 0.2) is 0 Å². The van der Waals surface area contributed by atoms with Crippen molar-refractivity contribution in [1.29, 1.82) is 0 Å². The van der Waals surface area contributed by atoms with Gasteiger partial charge in [-0.3, -0.25) is 9.59 Å². The smallest absolute Gasteiger partial charge is 0.223 e. The number of carbonyl (C=O) groups is 2. The predicted molar refractivity (Wildman–Crippen MR) is 85.3 cm³/mol. The number of likely N-dealkylation sites (tertiary alicyclic amines) is 1. The summed E-state index contributed by atoms with van der Waals surface area (Å²) in [6, 6.07) is 0.600. The first-order chi connectivity index (χ1) is 10.7. The minimum Gasteiger partial charge on any atom is -0.356 e. The maximum Gasteiger partial charge on any atom is 0.223 e. The third-order valence-electron chi connectivity index (χ3n) is 5.05. The molecule has 2 amide bonds. The molecule has 3 aliphatic rings. The molecule has 0 radical (unpaired) electrons. The maximum absolute atomic E-state index is 12.2. The molecule has 0 aromatic rings. The van der Waals surface area contributed by atoms with Gasteiger partial charge in [-0.1, -0.05) is 0 Å². The second kappa shape index (κ2) is 7.44. The van der Waals surface area contributed by atoms with Crippen LogP contribution in [-0.2, 0) is 9.59 Å². The zero-order valence-corrected chi connectivity index (χ0v) is 13.5. The first-order valence-corrected chi connectivity index (χ1v) is 9.01. The lowest BCUT2D eigenvalue weighted by atomic mass is 10.0. The van der Waals surface area contributed by atoms with Gasteiger partial charge in [0.1, 0.15) is 0 Å². The van der Waals surface area contributed by atoms with Crippen molar-refractivity contribution >= 4 is 11.8 Å². The second-order valence-electron chi connectivity index (χ2n) is 7.18. The lowest BCUT2D eigenvalue weighted by Crippen LogP contribution is -2.45. The summed E-state index contributed by atoms with van der Waals surface area (Å²) in [5.41, 5.74) is 0. The van der Waals surface area contributed by atoms with Crippen LogP contribution < -0.4 is 10.6 Å². The highest BCUT2D eigenvalue weighted by molar-refractivity contribution is 5.81. The van der Waals surface area contributed by atoms with Crippen molar-refractivity contribution in [2.24, 2.45) is 11.8 Å². The van der Waals surface area contributed by atoms with Crippen LogP contribution in [0.3, 0.4) is 0 Å². The van der Waals surface area contributed by atoms with E-state index in [-0.39, 0.29) is 17.7 Å². The molecule has 2 saturated carbocycles. The number of amides is 2. The first kappa shape index (κ1) is 15.8. The molecule has 1 saturated heterocycles. The summed E-state index contributed by atoms with van der Waals surface area (Å²) in [4.78, 5) is 25.7. The Hall–Kier alpha value is -1.10. The molecule has 0 unspecified atom stereocenters. The Morgan fingerprint density at radius 1 is 1.00 bits per heavy atom. The summed E-state index contributed by atoms with van der Waals surface area (Å²) in [6.45, 7) is 3.57. The molecule has 0 aromatic carbocycles. The van der Waals surface area contributed by atoms with Crippen LogP contribution in [0.4, 0.5) is 0 Å². The third-order valence-corrected chi connectivity index (χ3v) is 5.05. The topological polar surface area (TPSA) is 61.4 Å². The van der Waals surface area contributed by atoms with E-state index in [9.17, 15) is 9.59 Å². The zero-order chi connectivity index (χ0) is 15.4. The number of rotatable bonds is 8. The summed E-state index contributed by atoms with van der Waals surface area (Å²) in [5, 5.41) is 6.56. The largest absolute Gasteiger partial charge is 0.356 e. The van der Waals surface area contributed by atoms with Gasteiger partial charge in [-0.15, -0.1) is 0 Å². The number of nitrogens with one attached hydrogen (secondary N) is 2. The molecule has 3 fully saturated rings. The molecule has 0 bridgehead atoms. The van der Waals surface area contributed by atoms with Gasteiger partial charge in [-0.25, -0.2) is 0 Å². The van der Waals surface area contributed by atoms with Crippen LogP contribution in [0.15, 0.2) is 0 Å². The predicted octanol–water partition coefficient (Wildman–Crippen LogP) is 1.28. The molecule has 0 aromatic heterocycles. The summed E-state index contributed by atoms with van der Waals surface area (Å²) >= 11 is 0. The van der Waals surface area contributed by atoms with Gasteiger partial charge in [0, 0.05) is 38.0 Å². The van der Waals surface area contributed by atoms with Crippen molar-refractivity contribution in [3.05, 3.63) is 0 Å². The van der Waals surface area contributed by atoms with E-state index in [0.717, 1.165) is 51.1 Å². The van der Waals surface area contributed by atoms with E-state index >= 15 is 0 Å². The summed E-state index contributed by atoms with van der Waals surface area (Å²) < 4.78 is 0. The minimum atomic E-state index is 0.176. The van der Waals surface area contributed by atoms with Crippen LogP contribution in [0.1, 0.15) is 51.4 Å². The van der Waals surface area contributed by atoms with E-state index in [2.05, 4.69) is 10.6 Å². The number of hydrogen-bond donors (Lipinski definition) is 2. The number of hydrogen-bond acceptors (Lipinski definition) is 3. The van der Waals surface area contributed by atoms with Gasteiger partial charge in [0.25, 0.3) is 0 Å². The van der Waals surface area contributed by atoms with Gasteiger partial charge >= 0.3 is 0 Å². The van der Waals surface area contributed by atoms with Gasteiger partial charge in [0.2, 0.25) is 11.8 Å². The number of piperidine rings is 1. The van der Waals surface area contributed by atoms with E-state index in [0.29, 0.717) is 19.0 Å². The average molecular weight is 307 g/mol. The number of nitrogens with zero attached hydrogens (tertiary/aromatic N) is 1. The van der Waals surface area contributed by atoms with E-state index in [1.807, 2.05) is 4.90 Å². The Balaban J connectivity index is 1.24. The fourth-order valence-electron chi connectivity index (χ4n) is 3.09. The first-order valence-electron chi connectivity index (χ1n) is 9.01. The van der Waals surface area contributed by atoms with Crippen LogP contribution >= 0.6 is 0 Å². The molecule has 1 aliphatic heterocycles. The molecule has 0 spiro atoms. The monoisotopic (exact) mass is 307 g/mol. The average Bonchev–Trinajstić information content (AvgIpc) is 3.41. The summed E-state index contributed by atoms with van der Waals surface area (Å²) in [6.07, 6.45) is 8.34. The van der Waals surface area contributed by atoms with Crippen LogP contribution in [0.5, 0.6) is 0 Å². The van der Waals surface area contributed by atoms with Gasteiger partial charge in [0.05, 0.1) is 0 Å². The van der Waals surface area contributed by atoms with E-state index < -0.39 is 0 Å². The van der Waals surface area contributed by atoms with Crippen molar-refractivity contribution in [3.8, 4) is 0 Å². The fourth-order valence-corrected chi connectivity index (χ4v) is 3.09. The van der Waals surface area contributed by atoms with Crippen molar-refractivity contribution in [2.45, 2.75) is 57.4 Å². The molecule has 1 heterocycles. The SMILES string of the molecule is O=C(NCCCC(=O)N1CCC(NCC2CC2)CC1)C1CC1. The van der Waals surface area contributed by atoms with Crippen molar-refractivity contribution in [3.63, 3.8) is 0 Å². The van der Waals surface area contributed by atoms with Gasteiger partial charge in [-0.2, -0.15) is 0 Å². The van der Waals surface area contributed by atoms with Crippen LogP contribution in [-0.4, -0.2) is 48.9 Å². The second-order valence-corrected chi connectivity index (χ2v) is 7.18. The Morgan fingerprint density at radius 3 is 2.36 bits per heavy atom. The highest BCUT2D eigenvalue weighted by atomic mass is 16.2. The molecule has 124 valence electrons. The molecule has 3 rings (SSSR count). The summed E-state index contributed by atoms with van der Waals surface area (Å²) in [5.74, 6) is 1.61. The lowest BCUT2D eigenvalue weighted by Gasteiger charge is -2.32. The molecule has 2 aliphatic carbocycles. The molecule has 22 heavy (non-hydrogen) atoms. The molecule has 0 atom stereocenters. The van der Waals surface area contributed by atoms with E-state index in [4.69, 9.17) is 0 Å². The highest BCUT2D eigenvalue weighted by Crippen LogP contribution is 2.29. The van der Waals surface area contributed by atoms with Crippen molar-refractivity contribution in [2.75, 3.05) is 26.2 Å².